The van der Waals surface area contributed by atoms with E-state index in [0.717, 1.165) is 65.5 Å². The van der Waals surface area contributed by atoms with Crippen LogP contribution in [0.5, 0.6) is 0 Å². The Kier molecular flexibility index (Phi) is 7.61. The molecule has 0 bridgehead atoms. The molecule has 2 amide bonds. The lowest BCUT2D eigenvalue weighted by atomic mass is 9.90. The van der Waals surface area contributed by atoms with Gasteiger partial charge in [0.1, 0.15) is 0 Å². The van der Waals surface area contributed by atoms with Crippen molar-refractivity contribution in [2.24, 2.45) is 14.1 Å². The Morgan fingerprint density at radius 3 is 2.37 bits per heavy atom. The molecule has 0 radical (unpaired) electrons. The zero-order valence-electron chi connectivity index (χ0n) is 27.2. The molecule has 7 rings (SSSR count). The molecule has 5 aromatic rings. The van der Waals surface area contributed by atoms with Gasteiger partial charge >= 0.3 is 0 Å². The average molecular weight is 613 g/mol. The number of hydrogen-bond donors (Lipinski definition) is 1. The molecule has 2 aromatic heterocycles. The summed E-state index contributed by atoms with van der Waals surface area (Å²) in [5.74, 6) is -0.119. The Hall–Kier alpha value is -4.95. The number of amides is 2. The average Bonchev–Trinajstić information content (AvgIpc) is 3.56. The molecule has 4 heterocycles. The van der Waals surface area contributed by atoms with Crippen LogP contribution in [0.4, 0.5) is 11.4 Å². The molecule has 8 nitrogen and oxygen atoms in total. The molecule has 46 heavy (non-hydrogen) atoms. The Bertz CT molecular complexity index is 1970. The van der Waals surface area contributed by atoms with E-state index in [1.807, 2.05) is 81.5 Å². The lowest BCUT2D eigenvalue weighted by molar-refractivity contribution is 0.0658. The predicted molar refractivity (Wildman–Crippen MR) is 181 cm³/mol. The molecule has 0 unspecified atom stereocenters. The third-order valence-electron chi connectivity index (χ3n) is 9.71. The van der Waals surface area contributed by atoms with Crippen LogP contribution in [0.2, 0.25) is 0 Å². The minimum absolute atomic E-state index is 0.0222. The van der Waals surface area contributed by atoms with E-state index in [9.17, 15) is 9.59 Å². The molecule has 0 fully saturated rings. The highest BCUT2D eigenvalue weighted by atomic mass is 16.2. The standard InChI is InChI=1S/C38H40N6O2/c1-24-17-27-11-9-10-12-29(27)22-43(24)37(45)34-19-30-21-39-16-15-28(30)18-33(34)35-20-32(26(3)42(35)5)38(46)44(31-13-7-6-8-14-31)36-23-41(4)40-25(36)2/h6-14,18-20,23-24,39H,15-17,21-22H2,1-5H3/t24-/m1/s1. The van der Waals surface area contributed by atoms with Gasteiger partial charge in [0.25, 0.3) is 11.8 Å². The number of nitrogens with zero attached hydrogens (tertiary/aromatic N) is 5. The van der Waals surface area contributed by atoms with E-state index >= 15 is 0 Å². The molecule has 234 valence electrons. The number of aromatic nitrogens is 3. The van der Waals surface area contributed by atoms with Gasteiger partial charge in [-0.15, -0.1) is 0 Å². The van der Waals surface area contributed by atoms with E-state index in [4.69, 9.17) is 0 Å². The van der Waals surface area contributed by atoms with Crippen LogP contribution in [0, 0.1) is 13.8 Å². The van der Waals surface area contributed by atoms with Crippen molar-refractivity contribution in [2.75, 3.05) is 11.4 Å². The number of fused-ring (bicyclic) bond motifs is 2. The smallest absolute Gasteiger partial charge is 0.264 e. The summed E-state index contributed by atoms with van der Waals surface area (Å²) in [5, 5.41) is 8.00. The molecule has 2 aliphatic heterocycles. The van der Waals surface area contributed by atoms with Gasteiger partial charge in [0, 0.05) is 67.6 Å². The van der Waals surface area contributed by atoms with Crippen molar-refractivity contribution in [3.63, 3.8) is 0 Å². The molecule has 0 spiro atoms. The van der Waals surface area contributed by atoms with Crippen LogP contribution >= 0.6 is 0 Å². The second-order valence-corrected chi connectivity index (χ2v) is 12.7. The van der Waals surface area contributed by atoms with Gasteiger partial charge in [-0.1, -0.05) is 42.5 Å². The van der Waals surface area contributed by atoms with Crippen molar-refractivity contribution in [1.82, 2.24) is 24.6 Å². The van der Waals surface area contributed by atoms with Crippen molar-refractivity contribution in [2.45, 2.75) is 52.7 Å². The Morgan fingerprint density at radius 1 is 0.891 bits per heavy atom. The second kappa shape index (κ2) is 11.8. The SMILES string of the molecule is Cc1nn(C)cc1N(C(=O)c1cc(-c2cc3c(cc2C(=O)N2Cc4ccccc4C[C@H]2C)CNCC3)n(C)c1C)c1ccccc1. The number of para-hydroxylation sites is 1. The zero-order chi connectivity index (χ0) is 32.1. The van der Waals surface area contributed by atoms with Gasteiger partial charge in [0.2, 0.25) is 0 Å². The number of aryl methyl sites for hydroxylation is 2. The van der Waals surface area contributed by atoms with Gasteiger partial charge in [-0.05, 0) is 92.7 Å². The monoisotopic (exact) mass is 612 g/mol. The number of benzene rings is 3. The van der Waals surface area contributed by atoms with Crippen LogP contribution in [-0.2, 0) is 40.0 Å². The van der Waals surface area contributed by atoms with Crippen LogP contribution in [-0.4, -0.2) is 43.6 Å². The van der Waals surface area contributed by atoms with Gasteiger partial charge in [0.05, 0.1) is 16.9 Å². The number of hydrogen-bond acceptors (Lipinski definition) is 4. The highest BCUT2D eigenvalue weighted by Crippen LogP contribution is 2.36. The molecule has 8 heteroatoms. The molecule has 0 saturated carbocycles. The minimum Gasteiger partial charge on any atom is -0.347 e. The van der Waals surface area contributed by atoms with Crippen LogP contribution in [0.25, 0.3) is 11.3 Å². The normalized spacial score (nSPS) is 15.8. The van der Waals surface area contributed by atoms with E-state index in [1.165, 1.54) is 16.7 Å². The summed E-state index contributed by atoms with van der Waals surface area (Å²) < 4.78 is 3.79. The fourth-order valence-corrected chi connectivity index (χ4v) is 7.07. The summed E-state index contributed by atoms with van der Waals surface area (Å²) in [6, 6.07) is 24.4. The molecule has 1 N–H and O–H groups in total. The predicted octanol–water partition coefficient (Wildman–Crippen LogP) is 6.25. The number of rotatable bonds is 5. The van der Waals surface area contributed by atoms with Crippen molar-refractivity contribution in [3.05, 3.63) is 124 Å². The number of carbonyl (C=O) groups is 2. The fraction of sp³-hybridized carbons (Fsp3) is 0.289. The van der Waals surface area contributed by atoms with Crippen LogP contribution < -0.4 is 10.2 Å². The number of nitrogens with one attached hydrogen (secondary N) is 1. The third kappa shape index (κ3) is 5.12. The maximum atomic E-state index is 14.6. The fourth-order valence-electron chi connectivity index (χ4n) is 7.07. The van der Waals surface area contributed by atoms with E-state index < -0.39 is 0 Å². The maximum Gasteiger partial charge on any atom is 0.264 e. The van der Waals surface area contributed by atoms with Crippen LogP contribution in [0.3, 0.4) is 0 Å². The van der Waals surface area contributed by atoms with Gasteiger partial charge < -0.3 is 14.8 Å². The topological polar surface area (TPSA) is 75.4 Å². The number of carbonyl (C=O) groups excluding carboxylic acids is 2. The van der Waals surface area contributed by atoms with Crippen molar-refractivity contribution >= 4 is 23.2 Å². The van der Waals surface area contributed by atoms with Crippen LogP contribution in [0.1, 0.15) is 61.3 Å². The van der Waals surface area contributed by atoms with E-state index in [-0.39, 0.29) is 17.9 Å². The first-order valence-electron chi connectivity index (χ1n) is 16.0. The Balaban J connectivity index is 1.34. The second-order valence-electron chi connectivity index (χ2n) is 12.7. The van der Waals surface area contributed by atoms with Crippen LogP contribution in [0.15, 0.2) is 79.0 Å². The van der Waals surface area contributed by atoms with Gasteiger partial charge in [0.15, 0.2) is 0 Å². The lowest BCUT2D eigenvalue weighted by Crippen LogP contribution is -2.43. The Morgan fingerprint density at radius 2 is 1.63 bits per heavy atom. The maximum absolute atomic E-state index is 14.6. The van der Waals surface area contributed by atoms with Gasteiger partial charge in [-0.25, -0.2) is 0 Å². The number of anilines is 2. The van der Waals surface area contributed by atoms with Crippen molar-refractivity contribution < 1.29 is 9.59 Å². The molecule has 3 aromatic carbocycles. The summed E-state index contributed by atoms with van der Waals surface area (Å²) in [5.41, 5.74) is 11.0. The van der Waals surface area contributed by atoms with E-state index in [0.29, 0.717) is 17.7 Å². The first-order chi connectivity index (χ1) is 22.2. The summed E-state index contributed by atoms with van der Waals surface area (Å²) in [6.45, 7) is 8.24. The first-order valence-corrected chi connectivity index (χ1v) is 16.0. The van der Waals surface area contributed by atoms with E-state index in [1.54, 1.807) is 9.58 Å². The molecule has 2 aliphatic rings. The molecule has 1 atom stereocenters. The van der Waals surface area contributed by atoms with Gasteiger partial charge in [-0.2, -0.15) is 5.10 Å². The zero-order valence-corrected chi connectivity index (χ0v) is 27.2. The van der Waals surface area contributed by atoms with Crippen molar-refractivity contribution in [3.8, 4) is 11.3 Å². The quantitative estimate of drug-likeness (QED) is 0.255. The first kappa shape index (κ1) is 29.7. The molecule has 0 saturated heterocycles. The summed E-state index contributed by atoms with van der Waals surface area (Å²) in [4.78, 5) is 32.9. The lowest BCUT2D eigenvalue weighted by Gasteiger charge is -2.35. The highest BCUT2D eigenvalue weighted by Gasteiger charge is 2.32. The summed E-state index contributed by atoms with van der Waals surface area (Å²) in [7, 11) is 3.85. The largest absolute Gasteiger partial charge is 0.347 e. The Labute approximate surface area is 270 Å². The highest BCUT2D eigenvalue weighted by molar-refractivity contribution is 6.13. The van der Waals surface area contributed by atoms with E-state index in [2.05, 4.69) is 52.2 Å². The molecular formula is C38H40N6O2. The summed E-state index contributed by atoms with van der Waals surface area (Å²) >= 11 is 0. The molecular weight excluding hydrogens is 572 g/mol. The third-order valence-corrected chi connectivity index (χ3v) is 9.71. The molecule has 0 aliphatic carbocycles. The summed E-state index contributed by atoms with van der Waals surface area (Å²) in [6.07, 6.45) is 3.60. The van der Waals surface area contributed by atoms with Gasteiger partial charge in [-0.3, -0.25) is 19.2 Å². The minimum atomic E-state index is -0.141. The van der Waals surface area contributed by atoms with Crippen molar-refractivity contribution in [1.29, 1.82) is 0 Å².